The van der Waals surface area contributed by atoms with Crippen LogP contribution in [0.25, 0.3) is 77.2 Å². The summed E-state index contributed by atoms with van der Waals surface area (Å²) in [5.41, 5.74) is 9.17. The first kappa shape index (κ1) is 27.5. The van der Waals surface area contributed by atoms with Gasteiger partial charge in [0.05, 0.1) is 11.1 Å². The number of anilines is 3. The SMILES string of the molecule is c1ccc(-c2ccc(N(c3ccc4c(ccc5ccccc54)c3)c3c4nc(-c5ccccc5)oc4cc4oc5ccccc5c34)cc2)cc1. The van der Waals surface area contributed by atoms with Gasteiger partial charge in [-0.15, -0.1) is 0 Å². The van der Waals surface area contributed by atoms with Gasteiger partial charge in [-0.25, -0.2) is 4.98 Å². The topological polar surface area (TPSA) is 42.4 Å². The van der Waals surface area contributed by atoms with Crippen LogP contribution in [0.2, 0.25) is 0 Å². The van der Waals surface area contributed by atoms with Crippen LogP contribution in [0, 0.1) is 0 Å². The summed E-state index contributed by atoms with van der Waals surface area (Å²) in [4.78, 5) is 7.52. The lowest BCUT2D eigenvalue weighted by Gasteiger charge is -2.27. The van der Waals surface area contributed by atoms with E-state index in [1.807, 2.05) is 54.6 Å². The Morgan fingerprint density at radius 1 is 0.408 bits per heavy atom. The van der Waals surface area contributed by atoms with E-state index >= 15 is 0 Å². The number of hydrogen-bond donors (Lipinski definition) is 0. The molecule has 0 radical (unpaired) electrons. The highest BCUT2D eigenvalue weighted by Gasteiger charge is 2.26. The number of benzene rings is 8. The second kappa shape index (κ2) is 11.0. The second-order valence-corrected chi connectivity index (χ2v) is 12.4. The molecule has 4 nitrogen and oxygen atoms in total. The van der Waals surface area contributed by atoms with E-state index in [-0.39, 0.29) is 0 Å². The molecule has 0 aliphatic carbocycles. The van der Waals surface area contributed by atoms with Gasteiger partial charge in [0.15, 0.2) is 5.58 Å². The van der Waals surface area contributed by atoms with Gasteiger partial charge >= 0.3 is 0 Å². The molecular formula is C45H28N2O2. The van der Waals surface area contributed by atoms with Crippen molar-refractivity contribution in [2.24, 2.45) is 0 Å². The third-order valence-electron chi connectivity index (χ3n) is 9.46. The van der Waals surface area contributed by atoms with Crippen molar-refractivity contribution < 1.29 is 8.83 Å². The average Bonchev–Trinajstić information content (AvgIpc) is 3.77. The Kier molecular flexibility index (Phi) is 6.15. The molecule has 0 fully saturated rings. The Bertz CT molecular complexity index is 2820. The Morgan fingerprint density at radius 2 is 1.04 bits per heavy atom. The van der Waals surface area contributed by atoms with Gasteiger partial charge in [-0.05, 0) is 75.1 Å². The van der Waals surface area contributed by atoms with Gasteiger partial charge in [0.1, 0.15) is 16.7 Å². The summed E-state index contributed by atoms with van der Waals surface area (Å²) in [5.74, 6) is 0.568. The molecule has 0 amide bonds. The summed E-state index contributed by atoms with van der Waals surface area (Å²) in [5, 5.41) is 6.85. The minimum atomic E-state index is 0.568. The molecule has 2 heterocycles. The van der Waals surface area contributed by atoms with E-state index in [0.29, 0.717) is 11.5 Å². The predicted molar refractivity (Wildman–Crippen MR) is 202 cm³/mol. The first-order valence-corrected chi connectivity index (χ1v) is 16.5. The molecule has 0 spiro atoms. The Morgan fingerprint density at radius 3 is 1.86 bits per heavy atom. The maximum Gasteiger partial charge on any atom is 0.227 e. The van der Waals surface area contributed by atoms with Gasteiger partial charge < -0.3 is 13.7 Å². The molecule has 49 heavy (non-hydrogen) atoms. The first-order valence-electron chi connectivity index (χ1n) is 16.5. The number of fused-ring (bicyclic) bond motifs is 7. The molecule has 2 aromatic heterocycles. The molecule has 0 atom stereocenters. The first-order chi connectivity index (χ1) is 24.3. The van der Waals surface area contributed by atoms with Crippen molar-refractivity contribution in [3.05, 3.63) is 170 Å². The fourth-order valence-corrected chi connectivity index (χ4v) is 7.15. The van der Waals surface area contributed by atoms with E-state index in [4.69, 9.17) is 13.8 Å². The van der Waals surface area contributed by atoms with Crippen molar-refractivity contribution in [2.75, 3.05) is 4.90 Å². The molecule has 0 N–H and O–H groups in total. The summed E-state index contributed by atoms with van der Waals surface area (Å²) in [6.45, 7) is 0. The molecule has 0 saturated carbocycles. The van der Waals surface area contributed by atoms with E-state index in [1.54, 1.807) is 0 Å². The zero-order chi connectivity index (χ0) is 32.3. The molecule has 10 aromatic rings. The molecule has 8 aromatic carbocycles. The van der Waals surface area contributed by atoms with Crippen LogP contribution in [0.15, 0.2) is 179 Å². The van der Waals surface area contributed by atoms with Crippen LogP contribution in [-0.2, 0) is 0 Å². The lowest BCUT2D eigenvalue weighted by molar-refractivity contribution is 0.617. The number of aromatic nitrogens is 1. The molecule has 0 unspecified atom stereocenters. The van der Waals surface area contributed by atoms with Gasteiger partial charge in [-0.3, -0.25) is 0 Å². The molecule has 0 saturated heterocycles. The van der Waals surface area contributed by atoms with Crippen LogP contribution in [0.1, 0.15) is 0 Å². The zero-order valence-corrected chi connectivity index (χ0v) is 26.4. The maximum atomic E-state index is 6.52. The van der Waals surface area contributed by atoms with Crippen LogP contribution in [0.5, 0.6) is 0 Å². The standard InChI is InChI=1S/C45H28N2O2/c1-3-11-29(12-4-1)30-21-23-34(24-22-30)47(35-25-26-37-33(27-35)20-19-31-13-7-8-16-36(31)37)44-42-38-17-9-10-18-39(38)48-40(42)28-41-43(44)46-45(49-41)32-14-5-2-6-15-32/h1-28H. The molecule has 0 aliphatic rings. The summed E-state index contributed by atoms with van der Waals surface area (Å²) in [6.07, 6.45) is 0. The van der Waals surface area contributed by atoms with Crippen molar-refractivity contribution in [1.29, 1.82) is 0 Å². The lowest BCUT2D eigenvalue weighted by atomic mass is 10.00. The highest BCUT2D eigenvalue weighted by Crippen LogP contribution is 2.48. The van der Waals surface area contributed by atoms with Crippen molar-refractivity contribution >= 4 is 71.6 Å². The maximum absolute atomic E-state index is 6.52. The Labute approximate surface area is 282 Å². The smallest absolute Gasteiger partial charge is 0.227 e. The van der Waals surface area contributed by atoms with Gasteiger partial charge in [-0.1, -0.05) is 121 Å². The quantitative estimate of drug-likeness (QED) is 0.178. The second-order valence-electron chi connectivity index (χ2n) is 12.4. The lowest BCUT2D eigenvalue weighted by Crippen LogP contribution is -2.11. The van der Waals surface area contributed by atoms with Crippen molar-refractivity contribution in [1.82, 2.24) is 4.98 Å². The van der Waals surface area contributed by atoms with Gasteiger partial charge in [0, 0.05) is 28.4 Å². The predicted octanol–water partition coefficient (Wildman–Crippen LogP) is 12.8. The molecule has 10 rings (SSSR count). The number of furan rings is 1. The number of oxazole rings is 1. The fraction of sp³-hybridized carbons (Fsp3) is 0. The van der Waals surface area contributed by atoms with Gasteiger partial charge in [0.2, 0.25) is 5.89 Å². The average molecular weight is 629 g/mol. The Hall–Kier alpha value is -6.65. The van der Waals surface area contributed by atoms with Crippen LogP contribution < -0.4 is 4.90 Å². The van der Waals surface area contributed by atoms with Crippen molar-refractivity contribution in [2.45, 2.75) is 0 Å². The van der Waals surface area contributed by atoms with Crippen LogP contribution in [0.3, 0.4) is 0 Å². The minimum Gasteiger partial charge on any atom is -0.456 e. The summed E-state index contributed by atoms with van der Waals surface area (Å²) < 4.78 is 13.0. The minimum absolute atomic E-state index is 0.568. The monoisotopic (exact) mass is 628 g/mol. The van der Waals surface area contributed by atoms with E-state index in [2.05, 4.69) is 120 Å². The van der Waals surface area contributed by atoms with Crippen LogP contribution >= 0.6 is 0 Å². The fourth-order valence-electron chi connectivity index (χ4n) is 7.15. The molecule has 230 valence electrons. The third-order valence-corrected chi connectivity index (χ3v) is 9.46. The van der Waals surface area contributed by atoms with Crippen molar-refractivity contribution in [3.63, 3.8) is 0 Å². The number of hydrogen-bond acceptors (Lipinski definition) is 4. The molecular weight excluding hydrogens is 601 g/mol. The highest BCUT2D eigenvalue weighted by atomic mass is 16.4. The van der Waals surface area contributed by atoms with E-state index in [0.717, 1.165) is 61.0 Å². The largest absolute Gasteiger partial charge is 0.456 e. The number of rotatable bonds is 5. The van der Waals surface area contributed by atoms with Crippen LogP contribution in [0.4, 0.5) is 17.1 Å². The summed E-state index contributed by atoms with van der Waals surface area (Å²) in [6, 6.07) is 59.2. The van der Waals surface area contributed by atoms with E-state index in [1.165, 1.54) is 21.7 Å². The van der Waals surface area contributed by atoms with E-state index < -0.39 is 0 Å². The number of nitrogens with zero attached hydrogens (tertiary/aromatic N) is 2. The summed E-state index contributed by atoms with van der Waals surface area (Å²) >= 11 is 0. The van der Waals surface area contributed by atoms with Gasteiger partial charge in [-0.2, -0.15) is 0 Å². The molecule has 0 aliphatic heterocycles. The van der Waals surface area contributed by atoms with Crippen LogP contribution in [-0.4, -0.2) is 4.98 Å². The molecule has 0 bridgehead atoms. The normalized spacial score (nSPS) is 11.7. The highest BCUT2D eigenvalue weighted by molar-refractivity contribution is 6.21. The molecule has 4 heteroatoms. The number of para-hydroxylation sites is 1. The Balaban J connectivity index is 1.28. The zero-order valence-electron chi connectivity index (χ0n) is 26.4. The van der Waals surface area contributed by atoms with E-state index in [9.17, 15) is 0 Å². The van der Waals surface area contributed by atoms with Gasteiger partial charge in [0.25, 0.3) is 0 Å². The van der Waals surface area contributed by atoms with Crippen molar-refractivity contribution in [3.8, 4) is 22.6 Å². The third kappa shape index (κ3) is 4.49. The summed E-state index contributed by atoms with van der Waals surface area (Å²) in [7, 11) is 0.